The molecule has 5 nitrogen and oxygen atoms in total. The second-order valence-corrected chi connectivity index (χ2v) is 8.71. The summed E-state index contributed by atoms with van der Waals surface area (Å²) in [4.78, 5) is 17.8. The lowest BCUT2D eigenvalue weighted by Crippen LogP contribution is -2.28. The number of nitrogens with one attached hydrogen (secondary N) is 1. The molecule has 0 radical (unpaired) electrons. The fourth-order valence-electron chi connectivity index (χ4n) is 4.20. The Bertz CT molecular complexity index is 1170. The van der Waals surface area contributed by atoms with Crippen LogP contribution in [0.5, 0.6) is 11.5 Å². The van der Waals surface area contributed by atoms with Gasteiger partial charge in [0.1, 0.15) is 5.82 Å². The first-order chi connectivity index (χ1) is 15.0. The molecule has 5 heteroatoms. The molecule has 2 aliphatic rings. The van der Waals surface area contributed by atoms with E-state index in [0.29, 0.717) is 17.5 Å². The SMILES string of the molecule is Cc1nc(NC(=O)C2(c3ccc4c(c3)OCO4)CC2)ccc1-c1cccc(C(C)C)c1. The van der Waals surface area contributed by atoms with Gasteiger partial charge in [-0.05, 0) is 66.6 Å². The lowest BCUT2D eigenvalue weighted by molar-refractivity contribution is -0.118. The van der Waals surface area contributed by atoms with Crippen molar-refractivity contribution in [1.29, 1.82) is 0 Å². The summed E-state index contributed by atoms with van der Waals surface area (Å²) in [5.74, 6) is 2.47. The third-order valence-corrected chi connectivity index (χ3v) is 6.30. The van der Waals surface area contributed by atoms with Crippen molar-refractivity contribution < 1.29 is 14.3 Å². The van der Waals surface area contributed by atoms with Gasteiger partial charge in [0.25, 0.3) is 0 Å². The maximum atomic E-state index is 13.2. The van der Waals surface area contributed by atoms with Crippen LogP contribution < -0.4 is 14.8 Å². The van der Waals surface area contributed by atoms with Crippen LogP contribution in [0.4, 0.5) is 5.82 Å². The molecule has 5 rings (SSSR count). The third kappa shape index (κ3) is 3.54. The topological polar surface area (TPSA) is 60.5 Å². The van der Waals surface area contributed by atoms with E-state index in [2.05, 4.69) is 48.4 Å². The highest BCUT2D eigenvalue weighted by Crippen LogP contribution is 2.51. The largest absolute Gasteiger partial charge is 0.454 e. The van der Waals surface area contributed by atoms with Crippen LogP contribution in [-0.4, -0.2) is 17.7 Å². The van der Waals surface area contributed by atoms with E-state index in [4.69, 9.17) is 9.47 Å². The first-order valence-electron chi connectivity index (χ1n) is 10.8. The number of hydrogen-bond donors (Lipinski definition) is 1. The van der Waals surface area contributed by atoms with Crippen molar-refractivity contribution in [3.05, 3.63) is 71.4 Å². The van der Waals surface area contributed by atoms with Gasteiger partial charge in [0.15, 0.2) is 11.5 Å². The van der Waals surface area contributed by atoms with Crippen LogP contribution in [0, 0.1) is 6.92 Å². The number of carbonyl (C=O) groups is 1. The van der Waals surface area contributed by atoms with Gasteiger partial charge in [0.05, 0.1) is 5.41 Å². The molecule has 31 heavy (non-hydrogen) atoms. The van der Waals surface area contributed by atoms with Gasteiger partial charge in [0, 0.05) is 11.3 Å². The summed E-state index contributed by atoms with van der Waals surface area (Å²) in [6.45, 7) is 6.60. The molecule has 1 fully saturated rings. The Morgan fingerprint density at radius 2 is 1.84 bits per heavy atom. The second-order valence-electron chi connectivity index (χ2n) is 8.71. The number of nitrogens with zero attached hydrogens (tertiary/aromatic N) is 1. The van der Waals surface area contributed by atoms with E-state index in [1.165, 1.54) is 5.56 Å². The Hall–Kier alpha value is -3.34. The van der Waals surface area contributed by atoms with Gasteiger partial charge >= 0.3 is 0 Å². The summed E-state index contributed by atoms with van der Waals surface area (Å²) >= 11 is 0. The first kappa shape index (κ1) is 19.6. The molecule has 1 amide bonds. The summed E-state index contributed by atoms with van der Waals surface area (Å²) in [7, 11) is 0. The second kappa shape index (κ2) is 7.41. The number of anilines is 1. The van der Waals surface area contributed by atoms with Crippen molar-refractivity contribution in [2.75, 3.05) is 12.1 Å². The fourth-order valence-corrected chi connectivity index (χ4v) is 4.20. The normalized spacial score (nSPS) is 15.7. The van der Waals surface area contributed by atoms with Crippen LogP contribution in [0.3, 0.4) is 0 Å². The highest BCUT2D eigenvalue weighted by molar-refractivity contribution is 6.01. The van der Waals surface area contributed by atoms with Gasteiger partial charge in [0.2, 0.25) is 12.7 Å². The van der Waals surface area contributed by atoms with Gasteiger partial charge in [-0.3, -0.25) is 4.79 Å². The molecule has 0 atom stereocenters. The van der Waals surface area contributed by atoms with Crippen LogP contribution in [0.25, 0.3) is 11.1 Å². The monoisotopic (exact) mass is 414 g/mol. The van der Waals surface area contributed by atoms with Crippen LogP contribution >= 0.6 is 0 Å². The predicted octanol–water partition coefficient (Wildman–Crippen LogP) is 5.58. The van der Waals surface area contributed by atoms with E-state index in [1.54, 1.807) is 0 Å². The Balaban J connectivity index is 1.36. The molecule has 1 saturated carbocycles. The molecular formula is C26H26N2O3. The Morgan fingerprint density at radius 3 is 2.58 bits per heavy atom. The van der Waals surface area contributed by atoms with Crippen LogP contribution in [0.2, 0.25) is 0 Å². The number of fused-ring (bicyclic) bond motifs is 1. The molecule has 0 saturated heterocycles. The molecule has 2 heterocycles. The van der Waals surface area contributed by atoms with E-state index >= 15 is 0 Å². The van der Waals surface area contributed by atoms with Gasteiger partial charge in [-0.25, -0.2) is 4.98 Å². The standard InChI is InChI=1S/C26H26N2O3/c1-16(2)18-5-4-6-19(13-18)21-8-10-24(27-17(21)3)28-25(29)26(11-12-26)20-7-9-22-23(14-20)31-15-30-22/h4-10,13-14,16H,11-12,15H2,1-3H3,(H,27,28,29). The molecule has 158 valence electrons. The van der Waals surface area contributed by atoms with Crippen molar-refractivity contribution in [1.82, 2.24) is 4.98 Å². The molecule has 1 aliphatic heterocycles. The zero-order valence-corrected chi connectivity index (χ0v) is 18.1. The highest BCUT2D eigenvalue weighted by atomic mass is 16.7. The molecule has 0 unspecified atom stereocenters. The summed E-state index contributed by atoms with van der Waals surface area (Å²) in [6.07, 6.45) is 1.63. The number of aryl methyl sites for hydroxylation is 1. The van der Waals surface area contributed by atoms with Crippen LogP contribution in [-0.2, 0) is 10.2 Å². The quantitative estimate of drug-likeness (QED) is 0.592. The number of carbonyl (C=O) groups excluding carboxylic acids is 1. The number of benzene rings is 2. The van der Waals surface area contributed by atoms with E-state index in [-0.39, 0.29) is 12.7 Å². The molecule has 1 aromatic heterocycles. The number of aromatic nitrogens is 1. The van der Waals surface area contributed by atoms with Crippen molar-refractivity contribution in [2.24, 2.45) is 0 Å². The average molecular weight is 415 g/mol. The number of hydrogen-bond acceptors (Lipinski definition) is 4. The van der Waals surface area contributed by atoms with Crippen molar-refractivity contribution in [3.8, 4) is 22.6 Å². The zero-order valence-electron chi connectivity index (χ0n) is 18.1. The summed E-state index contributed by atoms with van der Waals surface area (Å²) in [6, 6.07) is 18.3. The molecule has 1 N–H and O–H groups in total. The lowest BCUT2D eigenvalue weighted by atomic mass is 9.94. The van der Waals surface area contributed by atoms with Crippen molar-refractivity contribution in [3.63, 3.8) is 0 Å². The van der Waals surface area contributed by atoms with E-state index in [9.17, 15) is 4.79 Å². The first-order valence-corrected chi connectivity index (χ1v) is 10.8. The molecule has 1 aliphatic carbocycles. The summed E-state index contributed by atoms with van der Waals surface area (Å²) < 4.78 is 10.9. The van der Waals surface area contributed by atoms with Gasteiger partial charge in [-0.1, -0.05) is 44.2 Å². The number of rotatable bonds is 5. The Morgan fingerprint density at radius 1 is 1.03 bits per heavy atom. The smallest absolute Gasteiger partial charge is 0.236 e. The van der Waals surface area contributed by atoms with E-state index in [0.717, 1.165) is 41.0 Å². The van der Waals surface area contributed by atoms with E-state index < -0.39 is 5.41 Å². The zero-order chi connectivity index (χ0) is 21.6. The maximum Gasteiger partial charge on any atom is 0.236 e. The molecule has 3 aromatic rings. The summed E-state index contributed by atoms with van der Waals surface area (Å²) in [5, 5.41) is 3.04. The van der Waals surface area contributed by atoms with Gasteiger partial charge in [-0.15, -0.1) is 0 Å². The number of pyridine rings is 1. The minimum absolute atomic E-state index is 0.0205. The summed E-state index contributed by atoms with van der Waals surface area (Å²) in [5.41, 5.74) is 4.87. The number of amides is 1. The fraction of sp³-hybridized carbons (Fsp3) is 0.308. The third-order valence-electron chi connectivity index (χ3n) is 6.30. The lowest BCUT2D eigenvalue weighted by Gasteiger charge is -2.17. The highest BCUT2D eigenvalue weighted by Gasteiger charge is 2.51. The Labute approximate surface area is 182 Å². The minimum Gasteiger partial charge on any atom is -0.454 e. The van der Waals surface area contributed by atoms with Gasteiger partial charge < -0.3 is 14.8 Å². The number of ether oxygens (including phenoxy) is 2. The predicted molar refractivity (Wildman–Crippen MR) is 121 cm³/mol. The molecule has 2 aromatic carbocycles. The molecule has 0 bridgehead atoms. The van der Waals surface area contributed by atoms with Crippen LogP contribution in [0.15, 0.2) is 54.6 Å². The molecule has 0 spiro atoms. The van der Waals surface area contributed by atoms with Crippen LogP contribution in [0.1, 0.15) is 49.4 Å². The Kier molecular flexibility index (Phi) is 4.69. The molecular weight excluding hydrogens is 388 g/mol. The van der Waals surface area contributed by atoms with Crippen molar-refractivity contribution in [2.45, 2.75) is 44.9 Å². The minimum atomic E-state index is -0.513. The average Bonchev–Trinajstić information content (AvgIpc) is 3.45. The van der Waals surface area contributed by atoms with E-state index in [1.807, 2.05) is 37.3 Å². The maximum absolute atomic E-state index is 13.2. The van der Waals surface area contributed by atoms with Gasteiger partial charge in [-0.2, -0.15) is 0 Å². The van der Waals surface area contributed by atoms with Crippen molar-refractivity contribution >= 4 is 11.7 Å².